The summed E-state index contributed by atoms with van der Waals surface area (Å²) >= 11 is 1.74. The van der Waals surface area contributed by atoms with Crippen LogP contribution in [0.5, 0.6) is 0 Å². The molecule has 0 amide bonds. The van der Waals surface area contributed by atoms with Crippen LogP contribution in [-0.4, -0.2) is 5.43 Å². The third-order valence-electron chi connectivity index (χ3n) is 7.58. The van der Waals surface area contributed by atoms with Gasteiger partial charge in [-0.2, -0.15) is 12.1 Å². The summed E-state index contributed by atoms with van der Waals surface area (Å²) in [6, 6.07) is 35.3. The maximum Gasteiger partial charge on any atom is -0.0247 e. The smallest absolute Gasteiger partial charge is 0.0247 e. The molecule has 0 aliphatic heterocycles. The molecule has 0 heterocycles. The normalized spacial score (nSPS) is 10.1. The van der Waals surface area contributed by atoms with Crippen LogP contribution in [0.1, 0.15) is 33.4 Å². The van der Waals surface area contributed by atoms with Gasteiger partial charge in [-0.25, -0.2) is 0 Å². The fourth-order valence-corrected chi connectivity index (χ4v) is 5.32. The Morgan fingerprint density at radius 2 is 0.810 bits per heavy atom. The first kappa shape index (κ1) is 36.0. The zero-order valence-corrected chi connectivity index (χ0v) is 31.0. The largest absolute Gasteiger partial charge is 1.00 e. The average molecular weight is 687 g/mol. The molecule has 0 aliphatic rings. The van der Waals surface area contributed by atoms with Crippen LogP contribution in [0.15, 0.2) is 97.1 Å². The quantitative estimate of drug-likeness (QED) is 0.176. The predicted molar refractivity (Wildman–Crippen MR) is 176 cm³/mol. The molecule has 0 unspecified atom stereocenters. The number of halogens is 2. The van der Waals surface area contributed by atoms with Crippen molar-refractivity contribution in [3.63, 3.8) is 0 Å². The second-order valence-electron chi connectivity index (χ2n) is 11.2. The van der Waals surface area contributed by atoms with Gasteiger partial charge in [0, 0.05) is 0 Å². The molecule has 0 atom stereocenters. The number of benzene rings is 4. The first-order valence-corrected chi connectivity index (χ1v) is 20.2. The molecule has 6 aromatic carbocycles. The molecule has 0 radical (unpaired) electrons. The standard InChI is InChI=1S/2C18H17.C2H6Si.2ClH.Zr/c2*1-12-10-15-7-5-9-17(18(15)11-12)16-8-4-6-13(2)14(16)3;1-3-2;;;/h2*4-11H,1-3H3;1-2H3;2*1H;/q2*-1;;;;+2/p-2. The molecule has 0 aromatic heterocycles. The summed E-state index contributed by atoms with van der Waals surface area (Å²) in [5, 5.41) is 5.41. The van der Waals surface area contributed by atoms with E-state index in [2.05, 4.69) is 152 Å². The number of rotatable bonds is 2. The van der Waals surface area contributed by atoms with Crippen LogP contribution >= 0.6 is 0 Å². The molecular weight excluding hydrogens is 647 g/mol. The Morgan fingerprint density at radius 1 is 0.500 bits per heavy atom. The van der Waals surface area contributed by atoms with Gasteiger partial charge in [0.15, 0.2) is 0 Å². The molecule has 6 aromatic rings. The molecule has 4 heteroatoms. The van der Waals surface area contributed by atoms with Gasteiger partial charge in [-0.1, -0.05) is 73.5 Å². The first-order chi connectivity index (χ1) is 19.1. The summed E-state index contributed by atoms with van der Waals surface area (Å²) in [5.74, 6) is 0. The average Bonchev–Trinajstić information content (AvgIpc) is 3.48. The SMILES string of the molecule is C[Si](C)=[Zr+2].Cc1cc2c(-c3cccc(C)c3C)cccc2[cH-]1.Cc1cc2c(-c3cccc(C)c3C)cccc2[cH-]1.[Cl-].[Cl-]. The fraction of sp³-hybridized carbons (Fsp3) is 0.211. The van der Waals surface area contributed by atoms with Crippen LogP contribution in [0.4, 0.5) is 0 Å². The minimum Gasteiger partial charge on any atom is -1.00 e. The molecule has 0 N–H and O–H groups in total. The van der Waals surface area contributed by atoms with Crippen molar-refractivity contribution >= 4 is 27.0 Å². The van der Waals surface area contributed by atoms with Gasteiger partial charge >= 0.3 is 41.9 Å². The summed E-state index contributed by atoms with van der Waals surface area (Å²) in [4.78, 5) is 0. The van der Waals surface area contributed by atoms with Crippen molar-refractivity contribution in [1.29, 1.82) is 0 Å². The molecule has 0 saturated carbocycles. The van der Waals surface area contributed by atoms with Gasteiger partial charge in [0.25, 0.3) is 0 Å². The van der Waals surface area contributed by atoms with Gasteiger partial charge in [-0.3, -0.25) is 0 Å². The number of fused-ring (bicyclic) bond motifs is 2. The van der Waals surface area contributed by atoms with Crippen LogP contribution in [0.2, 0.25) is 13.1 Å². The maximum absolute atomic E-state index is 2.31. The number of aryl methyl sites for hydroxylation is 4. The molecule has 216 valence electrons. The van der Waals surface area contributed by atoms with Crippen molar-refractivity contribution in [3.05, 3.63) is 130 Å². The number of hydrogen-bond donors (Lipinski definition) is 0. The molecule has 0 bridgehead atoms. The van der Waals surface area contributed by atoms with E-state index in [1.165, 1.54) is 77.2 Å². The van der Waals surface area contributed by atoms with E-state index in [-0.39, 0.29) is 30.2 Å². The maximum atomic E-state index is 2.31. The van der Waals surface area contributed by atoms with Gasteiger partial charge in [0.1, 0.15) is 0 Å². The molecule has 0 nitrogen and oxygen atoms in total. The van der Waals surface area contributed by atoms with Crippen molar-refractivity contribution < 1.29 is 48.1 Å². The van der Waals surface area contributed by atoms with E-state index in [4.69, 9.17) is 0 Å². The minimum absolute atomic E-state index is 0. The van der Waals surface area contributed by atoms with Crippen LogP contribution in [0.25, 0.3) is 43.8 Å². The molecule has 0 aliphatic carbocycles. The molecule has 0 saturated heterocycles. The van der Waals surface area contributed by atoms with Gasteiger partial charge in [-0.15, -0.1) is 69.1 Å². The van der Waals surface area contributed by atoms with Gasteiger partial charge in [0.2, 0.25) is 0 Å². The summed E-state index contributed by atoms with van der Waals surface area (Å²) in [5.41, 5.74) is 13.8. The Balaban J connectivity index is 0.000000250. The topological polar surface area (TPSA) is 0 Å². The fourth-order valence-electron chi connectivity index (χ4n) is 5.32. The summed E-state index contributed by atoms with van der Waals surface area (Å²) in [6.07, 6.45) is 0. The minimum atomic E-state index is 0. The monoisotopic (exact) mass is 684 g/mol. The Morgan fingerprint density at radius 3 is 1.17 bits per heavy atom. The molecule has 6 rings (SSSR count). The third-order valence-corrected chi connectivity index (χ3v) is 7.58. The molecule has 42 heavy (non-hydrogen) atoms. The van der Waals surface area contributed by atoms with E-state index >= 15 is 0 Å². The van der Waals surface area contributed by atoms with E-state index in [1.54, 1.807) is 23.3 Å². The van der Waals surface area contributed by atoms with E-state index < -0.39 is 0 Å². The Hall–Kier alpha value is -2.22. The van der Waals surface area contributed by atoms with Crippen molar-refractivity contribution in [2.45, 2.75) is 54.6 Å². The summed E-state index contributed by atoms with van der Waals surface area (Å²) in [7, 11) is 0. The van der Waals surface area contributed by atoms with E-state index in [0.717, 1.165) is 0 Å². The van der Waals surface area contributed by atoms with Gasteiger partial charge < -0.3 is 24.8 Å². The van der Waals surface area contributed by atoms with Crippen LogP contribution in [0, 0.1) is 41.5 Å². The predicted octanol–water partition coefficient (Wildman–Crippen LogP) is 5.09. The first-order valence-electron chi connectivity index (χ1n) is 14.0. The Labute approximate surface area is 280 Å². The van der Waals surface area contributed by atoms with Crippen molar-refractivity contribution in [1.82, 2.24) is 0 Å². The third kappa shape index (κ3) is 8.45. The van der Waals surface area contributed by atoms with Crippen molar-refractivity contribution in [2.75, 3.05) is 0 Å². The zero-order chi connectivity index (χ0) is 29.0. The van der Waals surface area contributed by atoms with Crippen molar-refractivity contribution in [2.24, 2.45) is 0 Å². The number of hydrogen-bond acceptors (Lipinski definition) is 0. The van der Waals surface area contributed by atoms with Gasteiger partial charge in [-0.05, 0) is 61.1 Å². The van der Waals surface area contributed by atoms with E-state index in [1.807, 2.05) is 0 Å². The Bertz CT molecular complexity index is 1670. The molecular formula is C38H40Cl2SiZr-2. The van der Waals surface area contributed by atoms with Crippen LogP contribution in [-0.2, 0) is 23.3 Å². The Kier molecular flexibility index (Phi) is 13.7. The second kappa shape index (κ2) is 16.0. The zero-order valence-electron chi connectivity index (χ0n) is 26.0. The van der Waals surface area contributed by atoms with E-state index in [0.29, 0.717) is 0 Å². The second-order valence-corrected chi connectivity index (χ2v) is 20.6. The molecule has 0 fully saturated rings. The van der Waals surface area contributed by atoms with Crippen LogP contribution in [0.3, 0.4) is 0 Å². The van der Waals surface area contributed by atoms with E-state index in [9.17, 15) is 0 Å². The van der Waals surface area contributed by atoms with Crippen LogP contribution < -0.4 is 24.8 Å². The molecule has 0 spiro atoms. The summed E-state index contributed by atoms with van der Waals surface area (Å²) in [6.45, 7) is 17.7. The van der Waals surface area contributed by atoms with Gasteiger partial charge in [0.05, 0.1) is 0 Å². The van der Waals surface area contributed by atoms with Crippen molar-refractivity contribution in [3.8, 4) is 22.3 Å². The summed E-state index contributed by atoms with van der Waals surface area (Å²) < 4.78 is 0.